The third-order valence-electron chi connectivity index (χ3n) is 3.23. The molecule has 0 saturated heterocycles. The molecule has 2 heterocycles. The molecular weight excluding hydrogens is 333 g/mol. The SMILES string of the molecule is N#Cc1n[nH]nc1-c1ccc(/C=C/c2cccc(C(F)(F)P)c2)o1. The Balaban J connectivity index is 1.83. The van der Waals surface area contributed by atoms with Crippen LogP contribution in [0.2, 0.25) is 0 Å². The molecule has 3 aromatic rings. The van der Waals surface area contributed by atoms with Gasteiger partial charge in [0.1, 0.15) is 11.8 Å². The fraction of sp³-hybridized carbons (Fsp3) is 0.0625. The van der Waals surface area contributed by atoms with Gasteiger partial charge in [-0.15, -0.1) is 5.10 Å². The van der Waals surface area contributed by atoms with Crippen LogP contribution in [0.5, 0.6) is 0 Å². The molecule has 1 aromatic carbocycles. The van der Waals surface area contributed by atoms with Crippen molar-refractivity contribution in [1.82, 2.24) is 15.4 Å². The molecule has 0 radical (unpaired) electrons. The van der Waals surface area contributed by atoms with Crippen LogP contribution in [0.15, 0.2) is 40.8 Å². The fourth-order valence-electron chi connectivity index (χ4n) is 2.08. The third kappa shape index (κ3) is 3.39. The minimum Gasteiger partial charge on any atom is -0.455 e. The molecule has 1 unspecified atom stereocenters. The Labute approximate surface area is 138 Å². The predicted molar refractivity (Wildman–Crippen MR) is 87.8 cm³/mol. The van der Waals surface area contributed by atoms with E-state index < -0.39 is 5.66 Å². The maximum Gasteiger partial charge on any atom is 0.283 e. The number of furan rings is 1. The van der Waals surface area contributed by atoms with Gasteiger partial charge >= 0.3 is 0 Å². The highest BCUT2D eigenvalue weighted by Crippen LogP contribution is 2.35. The Hall–Kier alpha value is -2.84. The lowest BCUT2D eigenvalue weighted by Gasteiger charge is -2.10. The van der Waals surface area contributed by atoms with Crippen LogP contribution >= 0.6 is 9.24 Å². The molecule has 24 heavy (non-hydrogen) atoms. The first-order valence-corrected chi connectivity index (χ1v) is 7.41. The number of nitrogens with one attached hydrogen (secondary N) is 1. The summed E-state index contributed by atoms with van der Waals surface area (Å²) in [5, 5.41) is 18.9. The molecule has 0 aliphatic carbocycles. The lowest BCUT2D eigenvalue weighted by molar-refractivity contribution is 0.104. The zero-order valence-electron chi connectivity index (χ0n) is 12.2. The first-order chi connectivity index (χ1) is 11.5. The molecule has 5 nitrogen and oxygen atoms in total. The van der Waals surface area contributed by atoms with E-state index in [9.17, 15) is 8.78 Å². The summed E-state index contributed by atoms with van der Waals surface area (Å²) in [4.78, 5) is 0. The van der Waals surface area contributed by atoms with Crippen molar-refractivity contribution in [1.29, 1.82) is 5.26 Å². The number of nitriles is 1. The summed E-state index contributed by atoms with van der Waals surface area (Å²) in [6.07, 6.45) is 3.31. The topological polar surface area (TPSA) is 78.5 Å². The first kappa shape index (κ1) is 16.0. The first-order valence-electron chi connectivity index (χ1n) is 6.84. The molecule has 0 spiro atoms. The van der Waals surface area contributed by atoms with E-state index in [1.165, 1.54) is 21.4 Å². The van der Waals surface area contributed by atoms with Crippen molar-refractivity contribution in [3.05, 3.63) is 59.0 Å². The molecule has 0 fully saturated rings. The van der Waals surface area contributed by atoms with Crippen molar-refractivity contribution in [2.24, 2.45) is 0 Å². The third-order valence-corrected chi connectivity index (χ3v) is 3.56. The van der Waals surface area contributed by atoms with E-state index in [-0.39, 0.29) is 11.3 Å². The molecule has 0 aliphatic rings. The minimum absolute atomic E-state index is 0.0870. The van der Waals surface area contributed by atoms with E-state index >= 15 is 0 Å². The average Bonchev–Trinajstić information content (AvgIpc) is 3.21. The number of aromatic amines is 1. The smallest absolute Gasteiger partial charge is 0.283 e. The van der Waals surface area contributed by atoms with Crippen LogP contribution in [0.3, 0.4) is 0 Å². The second kappa shape index (κ2) is 6.34. The van der Waals surface area contributed by atoms with E-state index in [1.54, 1.807) is 36.4 Å². The van der Waals surface area contributed by atoms with Crippen LogP contribution in [-0.4, -0.2) is 15.4 Å². The molecule has 3 rings (SSSR count). The summed E-state index contributed by atoms with van der Waals surface area (Å²) in [6, 6.07) is 11.3. The average molecular weight is 344 g/mol. The van der Waals surface area contributed by atoms with Gasteiger partial charge in [-0.05, 0) is 29.8 Å². The number of aromatic nitrogens is 3. The van der Waals surface area contributed by atoms with Gasteiger partial charge in [0, 0.05) is 5.56 Å². The number of nitrogens with zero attached hydrogens (tertiary/aromatic N) is 3. The zero-order valence-corrected chi connectivity index (χ0v) is 13.4. The maximum absolute atomic E-state index is 13.3. The number of H-pyrrole nitrogens is 1. The van der Waals surface area contributed by atoms with Crippen molar-refractivity contribution in [3.8, 4) is 17.5 Å². The van der Waals surface area contributed by atoms with Crippen molar-refractivity contribution < 1.29 is 13.2 Å². The number of hydrogen-bond acceptors (Lipinski definition) is 4. The number of halogens is 2. The van der Waals surface area contributed by atoms with E-state index in [0.29, 0.717) is 22.8 Å². The number of rotatable bonds is 4. The molecule has 0 bridgehead atoms. The summed E-state index contributed by atoms with van der Waals surface area (Å²) in [7, 11) is 1.52. The molecule has 0 amide bonds. The highest BCUT2D eigenvalue weighted by Gasteiger charge is 2.24. The zero-order chi connectivity index (χ0) is 17.2. The molecule has 0 aliphatic heterocycles. The summed E-state index contributed by atoms with van der Waals surface area (Å²) < 4.78 is 32.2. The summed E-state index contributed by atoms with van der Waals surface area (Å²) >= 11 is 0. The van der Waals surface area contributed by atoms with E-state index in [4.69, 9.17) is 9.68 Å². The highest BCUT2D eigenvalue weighted by molar-refractivity contribution is 7.17. The van der Waals surface area contributed by atoms with Crippen LogP contribution in [0.1, 0.15) is 22.6 Å². The predicted octanol–water partition coefficient (Wildman–Crippen LogP) is 4.03. The summed E-state index contributed by atoms with van der Waals surface area (Å²) in [6.45, 7) is 0. The minimum atomic E-state index is -2.97. The van der Waals surface area contributed by atoms with Gasteiger partial charge in [0.15, 0.2) is 17.1 Å². The largest absolute Gasteiger partial charge is 0.455 e. The van der Waals surface area contributed by atoms with Gasteiger partial charge < -0.3 is 4.42 Å². The van der Waals surface area contributed by atoms with Gasteiger partial charge in [-0.2, -0.15) is 24.4 Å². The Morgan fingerprint density at radius 3 is 2.79 bits per heavy atom. The molecular formula is C16H11F2N4OP. The van der Waals surface area contributed by atoms with Gasteiger partial charge in [-0.3, -0.25) is 0 Å². The Kier molecular flexibility index (Phi) is 4.24. The molecule has 8 heteroatoms. The fourth-order valence-corrected chi connectivity index (χ4v) is 2.26. The Morgan fingerprint density at radius 2 is 2.04 bits per heavy atom. The highest BCUT2D eigenvalue weighted by atomic mass is 31.0. The van der Waals surface area contributed by atoms with Crippen LogP contribution in [0.25, 0.3) is 23.6 Å². The summed E-state index contributed by atoms with van der Waals surface area (Å²) in [5.74, 6) is 0.894. The van der Waals surface area contributed by atoms with Gasteiger partial charge in [0.25, 0.3) is 5.66 Å². The molecule has 120 valence electrons. The van der Waals surface area contributed by atoms with Gasteiger partial charge in [-0.25, -0.2) is 0 Å². The van der Waals surface area contributed by atoms with E-state index in [0.717, 1.165) is 0 Å². The number of alkyl halides is 2. The molecule has 2 aromatic heterocycles. The monoisotopic (exact) mass is 344 g/mol. The molecule has 1 N–H and O–H groups in total. The lowest BCUT2D eigenvalue weighted by Crippen LogP contribution is -2.01. The maximum atomic E-state index is 13.3. The quantitative estimate of drug-likeness (QED) is 0.725. The van der Waals surface area contributed by atoms with E-state index in [1.807, 2.05) is 6.07 Å². The van der Waals surface area contributed by atoms with Crippen LogP contribution in [-0.2, 0) is 5.66 Å². The van der Waals surface area contributed by atoms with Crippen molar-refractivity contribution in [2.45, 2.75) is 5.66 Å². The number of benzene rings is 1. The second-order valence-electron chi connectivity index (χ2n) is 4.92. The summed E-state index contributed by atoms with van der Waals surface area (Å²) in [5.41, 5.74) is -1.98. The van der Waals surface area contributed by atoms with Crippen LogP contribution < -0.4 is 0 Å². The van der Waals surface area contributed by atoms with Crippen LogP contribution in [0, 0.1) is 11.3 Å². The number of hydrogen-bond donors (Lipinski definition) is 1. The van der Waals surface area contributed by atoms with Crippen molar-refractivity contribution in [3.63, 3.8) is 0 Å². The lowest BCUT2D eigenvalue weighted by atomic mass is 10.1. The Morgan fingerprint density at radius 1 is 1.21 bits per heavy atom. The van der Waals surface area contributed by atoms with Crippen molar-refractivity contribution >= 4 is 21.4 Å². The van der Waals surface area contributed by atoms with Crippen molar-refractivity contribution in [2.75, 3.05) is 0 Å². The molecule has 1 atom stereocenters. The molecule has 0 saturated carbocycles. The van der Waals surface area contributed by atoms with E-state index in [2.05, 4.69) is 15.4 Å². The van der Waals surface area contributed by atoms with Crippen LogP contribution in [0.4, 0.5) is 8.78 Å². The van der Waals surface area contributed by atoms with Gasteiger partial charge in [0.2, 0.25) is 0 Å². The van der Waals surface area contributed by atoms with Gasteiger partial charge in [-0.1, -0.05) is 33.5 Å². The Bertz CT molecular complexity index is 934. The second-order valence-corrected chi connectivity index (χ2v) is 5.64. The standard InChI is InChI=1S/C16H11F2N4OP/c17-16(18,24)11-3-1-2-10(8-11)4-5-12-6-7-14(23-12)15-13(9-19)20-22-21-15/h1-8H,24H2,(H,20,21,22)/b5-4+. The normalized spacial score (nSPS) is 11.8. The van der Waals surface area contributed by atoms with Gasteiger partial charge in [0.05, 0.1) is 0 Å².